The first kappa shape index (κ1) is 17.7. The fourth-order valence-electron chi connectivity index (χ4n) is 3.69. The Kier molecular flexibility index (Phi) is 4.90. The molecule has 1 aliphatic rings. The summed E-state index contributed by atoms with van der Waals surface area (Å²) in [4.78, 5) is 11.0. The summed E-state index contributed by atoms with van der Waals surface area (Å²) in [5.41, 5.74) is 3.27. The van der Waals surface area contributed by atoms with Gasteiger partial charge in [-0.05, 0) is 54.5 Å². The Morgan fingerprint density at radius 2 is 1.89 bits per heavy atom. The quantitative estimate of drug-likeness (QED) is 0.684. The van der Waals surface area contributed by atoms with Crippen molar-refractivity contribution in [3.8, 4) is 5.69 Å². The first-order valence-electron chi connectivity index (χ1n) is 9.21. The third kappa shape index (κ3) is 3.45. The summed E-state index contributed by atoms with van der Waals surface area (Å²) >= 11 is 5.71. The lowest BCUT2D eigenvalue weighted by atomic mass is 10.0. The molecule has 1 saturated heterocycles. The molecule has 3 aromatic heterocycles. The predicted molar refractivity (Wildman–Crippen MR) is 111 cm³/mol. The second-order valence-electron chi connectivity index (χ2n) is 7.18. The molecule has 3 aromatic rings. The molecule has 2 atom stereocenters. The highest BCUT2D eigenvalue weighted by Crippen LogP contribution is 2.39. The third-order valence-electron chi connectivity index (χ3n) is 4.78. The highest BCUT2D eigenvalue weighted by Gasteiger charge is 2.41. The van der Waals surface area contributed by atoms with Crippen LogP contribution in [0.15, 0.2) is 67.3 Å². The van der Waals surface area contributed by atoms with Gasteiger partial charge in [0.2, 0.25) is 0 Å². The zero-order valence-corrected chi connectivity index (χ0v) is 16.3. The van der Waals surface area contributed by atoms with Gasteiger partial charge < -0.3 is 14.8 Å². The van der Waals surface area contributed by atoms with Gasteiger partial charge in [0, 0.05) is 42.7 Å². The predicted octanol–water partition coefficient (Wildman–Crippen LogP) is 3.90. The van der Waals surface area contributed by atoms with Crippen LogP contribution in [0, 0.1) is 5.92 Å². The standard InChI is InChI=1S/C21H23N5S/c1-15(2)14-26-20(19(24-21(26)27)17-6-3-4-10-23-17)18-7-5-13-25(18)16-8-11-22-12-9-16/h3-13,15,19-20H,14H2,1-2H3,(H,24,27)/t19-,20+/m1/s1. The van der Waals surface area contributed by atoms with E-state index in [1.165, 1.54) is 5.69 Å². The molecule has 1 N–H and O–H groups in total. The lowest BCUT2D eigenvalue weighted by molar-refractivity contribution is 0.280. The molecular formula is C21H23N5S. The van der Waals surface area contributed by atoms with Gasteiger partial charge in [-0.1, -0.05) is 19.9 Å². The normalized spacial score (nSPS) is 19.5. The van der Waals surface area contributed by atoms with Crippen LogP contribution in [0.1, 0.15) is 37.3 Å². The number of nitrogens with one attached hydrogen (secondary N) is 1. The Morgan fingerprint density at radius 3 is 2.59 bits per heavy atom. The molecule has 6 heteroatoms. The van der Waals surface area contributed by atoms with E-state index in [2.05, 4.69) is 63.0 Å². The zero-order valence-electron chi connectivity index (χ0n) is 15.5. The minimum absolute atomic E-state index is 0.00735. The first-order valence-corrected chi connectivity index (χ1v) is 9.61. The topological polar surface area (TPSA) is 46.0 Å². The van der Waals surface area contributed by atoms with Crippen molar-refractivity contribution in [3.63, 3.8) is 0 Å². The summed E-state index contributed by atoms with van der Waals surface area (Å²) in [6, 6.07) is 14.4. The van der Waals surface area contributed by atoms with E-state index in [0.717, 1.165) is 23.0 Å². The molecule has 4 rings (SSSR count). The van der Waals surface area contributed by atoms with E-state index in [-0.39, 0.29) is 12.1 Å². The summed E-state index contributed by atoms with van der Waals surface area (Å²) < 4.78 is 2.21. The average molecular weight is 378 g/mol. The van der Waals surface area contributed by atoms with Crippen molar-refractivity contribution >= 4 is 17.3 Å². The van der Waals surface area contributed by atoms with Crippen LogP contribution in [0.3, 0.4) is 0 Å². The molecule has 1 fully saturated rings. The molecule has 0 amide bonds. The lowest BCUT2D eigenvalue weighted by Crippen LogP contribution is -2.33. The van der Waals surface area contributed by atoms with Crippen LogP contribution in [0.2, 0.25) is 0 Å². The van der Waals surface area contributed by atoms with Crippen molar-refractivity contribution in [2.24, 2.45) is 5.92 Å². The molecule has 0 spiro atoms. The van der Waals surface area contributed by atoms with Crippen LogP contribution in [0.4, 0.5) is 0 Å². The van der Waals surface area contributed by atoms with Crippen molar-refractivity contribution in [3.05, 3.63) is 78.6 Å². The molecule has 1 aliphatic heterocycles. The van der Waals surface area contributed by atoms with Gasteiger partial charge in [-0.3, -0.25) is 9.97 Å². The number of aromatic nitrogens is 3. The second kappa shape index (κ2) is 7.48. The van der Waals surface area contributed by atoms with Gasteiger partial charge in [0.05, 0.1) is 17.8 Å². The lowest BCUT2D eigenvalue weighted by Gasteiger charge is -2.30. The molecule has 0 radical (unpaired) electrons. The Bertz CT molecular complexity index is 907. The molecule has 4 heterocycles. The van der Waals surface area contributed by atoms with Gasteiger partial charge in [-0.2, -0.15) is 0 Å². The van der Waals surface area contributed by atoms with Crippen molar-refractivity contribution in [1.82, 2.24) is 24.8 Å². The maximum absolute atomic E-state index is 5.71. The first-order chi connectivity index (χ1) is 13.1. The van der Waals surface area contributed by atoms with Gasteiger partial charge in [0.1, 0.15) is 0 Å². The number of nitrogens with zero attached hydrogens (tertiary/aromatic N) is 4. The second-order valence-corrected chi connectivity index (χ2v) is 7.57. The van der Waals surface area contributed by atoms with Gasteiger partial charge in [0.15, 0.2) is 5.11 Å². The monoisotopic (exact) mass is 377 g/mol. The number of pyridine rings is 2. The maximum Gasteiger partial charge on any atom is 0.170 e. The molecule has 0 unspecified atom stereocenters. The average Bonchev–Trinajstić information content (AvgIpc) is 3.28. The molecule has 0 bridgehead atoms. The van der Waals surface area contributed by atoms with E-state index < -0.39 is 0 Å². The summed E-state index contributed by atoms with van der Waals surface area (Å²) in [7, 11) is 0. The molecular weight excluding hydrogens is 354 g/mol. The smallest absolute Gasteiger partial charge is 0.170 e. The molecule has 138 valence electrons. The fourth-order valence-corrected chi connectivity index (χ4v) is 4.01. The van der Waals surface area contributed by atoms with Crippen molar-refractivity contribution in [2.75, 3.05) is 6.54 Å². The molecule has 0 aromatic carbocycles. The van der Waals surface area contributed by atoms with E-state index in [1.807, 2.05) is 42.9 Å². The van der Waals surface area contributed by atoms with Gasteiger partial charge in [-0.15, -0.1) is 0 Å². The number of rotatable bonds is 5. The summed E-state index contributed by atoms with van der Waals surface area (Å²) in [6.45, 7) is 5.33. The van der Waals surface area contributed by atoms with Crippen LogP contribution < -0.4 is 5.32 Å². The Hall–Kier alpha value is -2.73. The van der Waals surface area contributed by atoms with E-state index in [9.17, 15) is 0 Å². The van der Waals surface area contributed by atoms with E-state index in [4.69, 9.17) is 12.2 Å². The highest BCUT2D eigenvalue weighted by atomic mass is 32.1. The summed E-state index contributed by atoms with van der Waals surface area (Å²) in [6.07, 6.45) is 7.57. The van der Waals surface area contributed by atoms with Gasteiger partial charge >= 0.3 is 0 Å². The Morgan fingerprint density at radius 1 is 1.07 bits per heavy atom. The Balaban J connectivity index is 1.81. The molecule has 5 nitrogen and oxygen atoms in total. The SMILES string of the molecule is CC(C)CN1C(=S)N[C@H](c2ccccn2)[C@@H]1c1cccn1-c1ccncc1. The molecule has 27 heavy (non-hydrogen) atoms. The summed E-state index contributed by atoms with van der Waals surface area (Å²) in [5, 5.41) is 4.30. The minimum atomic E-state index is 0.00735. The van der Waals surface area contributed by atoms with Crippen LogP contribution in [-0.4, -0.2) is 31.1 Å². The van der Waals surface area contributed by atoms with Gasteiger partial charge in [0.25, 0.3) is 0 Å². The molecule has 0 saturated carbocycles. The van der Waals surface area contributed by atoms with Crippen molar-refractivity contribution in [1.29, 1.82) is 0 Å². The highest BCUT2D eigenvalue weighted by molar-refractivity contribution is 7.80. The van der Waals surface area contributed by atoms with Crippen LogP contribution in [-0.2, 0) is 0 Å². The fraction of sp³-hybridized carbons (Fsp3) is 0.286. The number of thiocarbonyl (C=S) groups is 1. The maximum atomic E-state index is 5.71. The largest absolute Gasteiger partial charge is 0.352 e. The third-order valence-corrected chi connectivity index (χ3v) is 5.14. The summed E-state index contributed by atoms with van der Waals surface area (Å²) in [5.74, 6) is 0.499. The Labute approximate surface area is 165 Å². The van der Waals surface area contributed by atoms with Crippen molar-refractivity contribution < 1.29 is 0 Å². The zero-order chi connectivity index (χ0) is 18.8. The van der Waals surface area contributed by atoms with E-state index in [1.54, 1.807) is 0 Å². The van der Waals surface area contributed by atoms with Crippen LogP contribution >= 0.6 is 12.2 Å². The minimum Gasteiger partial charge on any atom is -0.352 e. The van der Waals surface area contributed by atoms with E-state index >= 15 is 0 Å². The van der Waals surface area contributed by atoms with E-state index in [0.29, 0.717) is 5.92 Å². The number of hydrogen-bond donors (Lipinski definition) is 1. The van der Waals surface area contributed by atoms with Crippen LogP contribution in [0.5, 0.6) is 0 Å². The van der Waals surface area contributed by atoms with Crippen molar-refractivity contribution in [2.45, 2.75) is 25.9 Å². The number of hydrogen-bond acceptors (Lipinski definition) is 3. The molecule has 0 aliphatic carbocycles. The van der Waals surface area contributed by atoms with Crippen LogP contribution in [0.25, 0.3) is 5.69 Å². The van der Waals surface area contributed by atoms with Gasteiger partial charge in [-0.25, -0.2) is 0 Å².